The van der Waals surface area contributed by atoms with Crippen LogP contribution in [0, 0.1) is 12.8 Å². The van der Waals surface area contributed by atoms with Crippen LogP contribution in [0.5, 0.6) is 0 Å². The van der Waals surface area contributed by atoms with Crippen LogP contribution in [-0.4, -0.2) is 45.6 Å². The van der Waals surface area contributed by atoms with Crippen molar-refractivity contribution in [1.82, 2.24) is 39.7 Å². The molecular formula is C27H23N9O. The third kappa shape index (κ3) is 3.74. The lowest BCUT2D eigenvalue weighted by molar-refractivity contribution is -0.122. The fourth-order valence-electron chi connectivity index (χ4n) is 4.73. The molecule has 182 valence electrons. The van der Waals surface area contributed by atoms with Crippen molar-refractivity contribution in [3.8, 4) is 28.3 Å². The Hall–Kier alpha value is -4.86. The highest BCUT2D eigenvalue weighted by molar-refractivity contribution is 5.97. The molecule has 0 radical (unpaired) electrons. The van der Waals surface area contributed by atoms with E-state index in [-0.39, 0.29) is 11.8 Å². The van der Waals surface area contributed by atoms with E-state index in [1.54, 1.807) is 24.9 Å². The second-order valence-corrected chi connectivity index (χ2v) is 9.45. The molecule has 3 N–H and O–H groups in total. The molecule has 10 nitrogen and oxygen atoms in total. The summed E-state index contributed by atoms with van der Waals surface area (Å²) in [5, 5.41) is 11.6. The van der Waals surface area contributed by atoms with Crippen LogP contribution >= 0.6 is 0 Å². The van der Waals surface area contributed by atoms with Gasteiger partial charge in [-0.1, -0.05) is 12.5 Å². The second kappa shape index (κ2) is 8.37. The first-order valence-electron chi connectivity index (χ1n) is 12.2. The van der Waals surface area contributed by atoms with Gasteiger partial charge in [-0.25, -0.2) is 15.0 Å². The number of carbonyl (C=O) groups excluding carboxylic acids is 1. The van der Waals surface area contributed by atoms with Gasteiger partial charge >= 0.3 is 0 Å². The zero-order valence-corrected chi connectivity index (χ0v) is 20.1. The molecule has 0 atom stereocenters. The molecule has 37 heavy (non-hydrogen) atoms. The molecule has 0 bridgehead atoms. The second-order valence-electron chi connectivity index (χ2n) is 9.45. The number of hydrogen-bond donors (Lipinski definition) is 3. The third-order valence-electron chi connectivity index (χ3n) is 6.96. The first-order chi connectivity index (χ1) is 18.1. The Morgan fingerprint density at radius 2 is 2.03 bits per heavy atom. The van der Waals surface area contributed by atoms with Crippen molar-refractivity contribution in [2.24, 2.45) is 5.92 Å². The van der Waals surface area contributed by atoms with E-state index in [0.29, 0.717) is 22.9 Å². The number of rotatable bonds is 5. The highest BCUT2D eigenvalue weighted by Gasteiger charge is 2.25. The monoisotopic (exact) mass is 489 g/mol. The molecule has 1 aliphatic rings. The Morgan fingerprint density at radius 1 is 1.11 bits per heavy atom. The van der Waals surface area contributed by atoms with Gasteiger partial charge in [-0.15, -0.1) is 0 Å². The van der Waals surface area contributed by atoms with Crippen LogP contribution in [-0.2, 0) is 4.79 Å². The average molecular weight is 490 g/mol. The summed E-state index contributed by atoms with van der Waals surface area (Å²) in [6.45, 7) is 1.95. The summed E-state index contributed by atoms with van der Waals surface area (Å²) < 4.78 is 1.94. The van der Waals surface area contributed by atoms with Crippen molar-refractivity contribution in [3.63, 3.8) is 0 Å². The number of amides is 1. The first-order valence-corrected chi connectivity index (χ1v) is 12.2. The van der Waals surface area contributed by atoms with Gasteiger partial charge in [0.1, 0.15) is 11.2 Å². The van der Waals surface area contributed by atoms with Crippen molar-refractivity contribution in [1.29, 1.82) is 0 Å². The molecule has 0 aliphatic heterocycles. The summed E-state index contributed by atoms with van der Waals surface area (Å²) >= 11 is 0. The van der Waals surface area contributed by atoms with Gasteiger partial charge in [0.15, 0.2) is 11.5 Å². The van der Waals surface area contributed by atoms with Gasteiger partial charge in [-0.05, 0) is 49.6 Å². The quantitative estimate of drug-likeness (QED) is 0.319. The van der Waals surface area contributed by atoms with E-state index in [1.165, 1.54) is 0 Å². The predicted octanol–water partition coefficient (Wildman–Crippen LogP) is 4.80. The van der Waals surface area contributed by atoms with Gasteiger partial charge in [-0.3, -0.25) is 14.9 Å². The lowest BCUT2D eigenvalue weighted by atomic mass is 9.85. The minimum absolute atomic E-state index is 0.0708. The SMILES string of the molecule is Cc1cn(-c2ccnc3[nH]c(-c4n[nH]c5ccc(-c6cncc(NC(=O)C7CCC7)c6)cc45)nc23)cn1. The number of nitrogens with zero attached hydrogens (tertiary/aromatic N) is 6. The number of aromatic nitrogens is 8. The number of aromatic amines is 2. The van der Waals surface area contributed by atoms with Crippen molar-refractivity contribution >= 4 is 33.7 Å². The minimum Gasteiger partial charge on any atom is -0.324 e. The number of benzene rings is 1. The van der Waals surface area contributed by atoms with Crippen molar-refractivity contribution in [2.45, 2.75) is 26.2 Å². The van der Waals surface area contributed by atoms with Crippen LogP contribution in [0.1, 0.15) is 25.0 Å². The van der Waals surface area contributed by atoms with E-state index >= 15 is 0 Å². The van der Waals surface area contributed by atoms with Crippen molar-refractivity contribution < 1.29 is 4.79 Å². The molecule has 7 rings (SSSR count). The highest BCUT2D eigenvalue weighted by Crippen LogP contribution is 2.32. The number of aryl methyl sites for hydroxylation is 1. The number of H-pyrrole nitrogens is 2. The van der Waals surface area contributed by atoms with Crippen molar-refractivity contribution in [3.05, 3.63) is 67.1 Å². The molecule has 5 aromatic heterocycles. The molecule has 1 amide bonds. The molecule has 1 fully saturated rings. The Kier molecular flexibility index (Phi) is 4.85. The van der Waals surface area contributed by atoms with Gasteiger partial charge in [0.05, 0.1) is 35.1 Å². The maximum absolute atomic E-state index is 12.4. The summed E-state index contributed by atoms with van der Waals surface area (Å²) in [5.41, 5.74) is 7.38. The lowest BCUT2D eigenvalue weighted by Gasteiger charge is -2.24. The van der Waals surface area contributed by atoms with E-state index in [4.69, 9.17) is 4.98 Å². The molecule has 1 aromatic carbocycles. The van der Waals surface area contributed by atoms with Gasteiger partial charge < -0.3 is 14.9 Å². The minimum atomic E-state index is 0.0708. The number of anilines is 1. The highest BCUT2D eigenvalue weighted by atomic mass is 16.1. The van der Waals surface area contributed by atoms with Gasteiger partial charge in [-0.2, -0.15) is 5.10 Å². The Balaban J connectivity index is 1.26. The zero-order chi connectivity index (χ0) is 24.9. The maximum atomic E-state index is 12.4. The van der Waals surface area contributed by atoms with Gasteiger partial charge in [0.2, 0.25) is 5.91 Å². The van der Waals surface area contributed by atoms with Crippen LogP contribution in [0.15, 0.2) is 61.4 Å². The summed E-state index contributed by atoms with van der Waals surface area (Å²) in [5.74, 6) is 0.807. The fraction of sp³-hybridized carbons (Fsp3) is 0.185. The summed E-state index contributed by atoms with van der Waals surface area (Å²) in [6, 6.07) is 9.93. The number of hydrogen-bond acceptors (Lipinski definition) is 6. The number of pyridine rings is 2. The number of nitrogens with one attached hydrogen (secondary N) is 3. The molecule has 10 heteroatoms. The summed E-state index contributed by atoms with van der Waals surface area (Å²) in [7, 11) is 0. The third-order valence-corrected chi connectivity index (χ3v) is 6.96. The van der Waals surface area contributed by atoms with Crippen molar-refractivity contribution in [2.75, 3.05) is 5.32 Å². The number of fused-ring (bicyclic) bond motifs is 2. The molecule has 0 saturated heterocycles. The predicted molar refractivity (Wildman–Crippen MR) is 140 cm³/mol. The van der Waals surface area contributed by atoms with E-state index in [2.05, 4.69) is 41.5 Å². The van der Waals surface area contributed by atoms with Crippen LogP contribution in [0.2, 0.25) is 0 Å². The fourth-order valence-corrected chi connectivity index (χ4v) is 4.73. The van der Waals surface area contributed by atoms with Gasteiger partial charge in [0, 0.05) is 35.5 Å². The summed E-state index contributed by atoms with van der Waals surface area (Å²) in [6.07, 6.45) is 12.0. The molecule has 6 aromatic rings. The van der Waals surface area contributed by atoms with E-state index in [1.807, 2.05) is 42.0 Å². The Morgan fingerprint density at radius 3 is 2.84 bits per heavy atom. The van der Waals surface area contributed by atoms with Crippen LogP contribution < -0.4 is 5.32 Å². The smallest absolute Gasteiger partial charge is 0.227 e. The van der Waals surface area contributed by atoms with Crippen LogP contribution in [0.4, 0.5) is 5.69 Å². The van der Waals surface area contributed by atoms with Crippen LogP contribution in [0.25, 0.3) is 50.4 Å². The molecular weight excluding hydrogens is 466 g/mol. The Bertz CT molecular complexity index is 1790. The Labute approximate surface area is 211 Å². The standard InChI is InChI=1S/C27H23N9O/c1-15-13-36(14-30-15)22-7-8-29-25-24(22)32-26(33-25)23-20-10-17(5-6-21(20)34-35-23)18-9-19(12-28-11-18)31-27(37)16-3-2-4-16/h5-14,16H,2-4H2,1H3,(H,31,37)(H,34,35)(H,29,32,33). The first kappa shape index (κ1) is 21.4. The normalized spacial score (nSPS) is 13.8. The average Bonchev–Trinajstić information content (AvgIpc) is 3.60. The largest absolute Gasteiger partial charge is 0.324 e. The molecule has 0 unspecified atom stereocenters. The topological polar surface area (TPSA) is 130 Å². The maximum Gasteiger partial charge on any atom is 0.227 e. The number of carbonyl (C=O) groups is 1. The van der Waals surface area contributed by atoms with E-state index in [9.17, 15) is 4.79 Å². The lowest BCUT2D eigenvalue weighted by Crippen LogP contribution is -2.28. The molecule has 5 heterocycles. The number of imidazole rings is 2. The van der Waals surface area contributed by atoms with E-state index < -0.39 is 0 Å². The molecule has 1 saturated carbocycles. The van der Waals surface area contributed by atoms with Crippen LogP contribution in [0.3, 0.4) is 0 Å². The van der Waals surface area contributed by atoms with E-state index in [0.717, 1.165) is 58.2 Å². The van der Waals surface area contributed by atoms with Gasteiger partial charge in [0.25, 0.3) is 0 Å². The molecule has 0 spiro atoms. The zero-order valence-electron chi connectivity index (χ0n) is 20.1. The summed E-state index contributed by atoms with van der Waals surface area (Å²) in [4.78, 5) is 33.8. The molecule has 1 aliphatic carbocycles.